The van der Waals surface area contributed by atoms with Gasteiger partial charge in [-0.15, -0.1) is 0 Å². The normalized spacial score (nSPS) is 18.6. The molecule has 1 aliphatic rings. The lowest BCUT2D eigenvalue weighted by Crippen LogP contribution is -2.41. The van der Waals surface area contributed by atoms with Gasteiger partial charge in [0.15, 0.2) is 0 Å². The summed E-state index contributed by atoms with van der Waals surface area (Å²) in [5, 5.41) is 2.92. The second kappa shape index (κ2) is 7.63. The first-order valence-electron chi connectivity index (χ1n) is 6.45. The first-order valence-corrected chi connectivity index (χ1v) is 6.45. The summed E-state index contributed by atoms with van der Waals surface area (Å²) < 4.78 is 0. The summed E-state index contributed by atoms with van der Waals surface area (Å²) in [6.07, 6.45) is 4.52. The maximum atomic E-state index is 11.5. The van der Waals surface area contributed by atoms with Gasteiger partial charge in [-0.3, -0.25) is 9.69 Å². The molecule has 16 heavy (non-hydrogen) atoms. The molecule has 0 saturated carbocycles. The van der Waals surface area contributed by atoms with Gasteiger partial charge in [-0.25, -0.2) is 0 Å². The number of carbonyl (C=O) groups is 1. The van der Waals surface area contributed by atoms with E-state index in [-0.39, 0.29) is 5.91 Å². The predicted molar refractivity (Wildman–Crippen MR) is 66.1 cm³/mol. The zero-order valence-electron chi connectivity index (χ0n) is 10.4. The van der Waals surface area contributed by atoms with Crippen molar-refractivity contribution in [2.45, 2.75) is 32.6 Å². The van der Waals surface area contributed by atoms with Gasteiger partial charge in [-0.1, -0.05) is 6.92 Å². The van der Waals surface area contributed by atoms with Crippen molar-refractivity contribution in [1.82, 2.24) is 10.2 Å². The second-order valence-corrected chi connectivity index (χ2v) is 4.65. The van der Waals surface area contributed by atoms with E-state index in [1.807, 2.05) is 0 Å². The van der Waals surface area contributed by atoms with E-state index in [9.17, 15) is 4.79 Å². The number of likely N-dealkylation sites (tertiary alicyclic amines) is 1. The van der Waals surface area contributed by atoms with E-state index in [2.05, 4.69) is 17.1 Å². The van der Waals surface area contributed by atoms with Gasteiger partial charge in [-0.05, 0) is 51.2 Å². The number of nitrogens with zero attached hydrogens (tertiary/aromatic N) is 1. The van der Waals surface area contributed by atoms with Crippen molar-refractivity contribution in [3.05, 3.63) is 0 Å². The molecule has 1 aliphatic heterocycles. The molecule has 0 spiro atoms. The Balaban J connectivity index is 2.14. The highest BCUT2D eigenvalue weighted by molar-refractivity contribution is 5.77. The molecule has 1 rings (SSSR count). The fraction of sp³-hybridized carbons (Fsp3) is 0.917. The van der Waals surface area contributed by atoms with Crippen LogP contribution < -0.4 is 11.1 Å². The van der Waals surface area contributed by atoms with E-state index in [1.165, 1.54) is 12.8 Å². The number of hydrogen-bond donors (Lipinski definition) is 2. The number of nitrogens with one attached hydrogen (secondary N) is 1. The molecule has 4 nitrogen and oxygen atoms in total. The van der Waals surface area contributed by atoms with Crippen LogP contribution in [0.3, 0.4) is 0 Å². The average Bonchev–Trinajstić information content (AvgIpc) is 2.29. The van der Waals surface area contributed by atoms with Crippen LogP contribution in [0, 0.1) is 5.92 Å². The number of amides is 1. The molecule has 4 heteroatoms. The van der Waals surface area contributed by atoms with Crippen molar-refractivity contribution in [3.63, 3.8) is 0 Å². The van der Waals surface area contributed by atoms with Crippen LogP contribution in [-0.2, 0) is 4.79 Å². The first-order chi connectivity index (χ1) is 7.76. The summed E-state index contributed by atoms with van der Waals surface area (Å²) in [5.74, 6) is 0.944. The van der Waals surface area contributed by atoms with Crippen LogP contribution in [0.5, 0.6) is 0 Å². The predicted octanol–water partition coefficient (Wildman–Crippen LogP) is 0.573. The van der Waals surface area contributed by atoms with Crippen molar-refractivity contribution < 1.29 is 4.79 Å². The van der Waals surface area contributed by atoms with E-state index in [4.69, 9.17) is 5.73 Å². The minimum atomic E-state index is 0.166. The summed E-state index contributed by atoms with van der Waals surface area (Å²) >= 11 is 0. The third kappa shape index (κ3) is 4.94. The van der Waals surface area contributed by atoms with E-state index in [0.717, 1.165) is 44.9 Å². The van der Waals surface area contributed by atoms with Gasteiger partial charge in [0, 0.05) is 6.54 Å². The Morgan fingerprint density at radius 1 is 1.44 bits per heavy atom. The molecule has 0 aromatic heterocycles. The van der Waals surface area contributed by atoms with Gasteiger partial charge in [0.2, 0.25) is 5.91 Å². The van der Waals surface area contributed by atoms with Gasteiger partial charge in [-0.2, -0.15) is 0 Å². The molecule has 0 aliphatic carbocycles. The molecule has 1 heterocycles. The Morgan fingerprint density at radius 3 is 2.69 bits per heavy atom. The fourth-order valence-electron chi connectivity index (χ4n) is 2.19. The van der Waals surface area contributed by atoms with Crippen LogP contribution in [0.2, 0.25) is 0 Å². The van der Waals surface area contributed by atoms with Gasteiger partial charge < -0.3 is 11.1 Å². The molecule has 94 valence electrons. The van der Waals surface area contributed by atoms with Crippen molar-refractivity contribution >= 4 is 5.91 Å². The lowest BCUT2D eigenvalue weighted by atomic mass is 9.94. The van der Waals surface area contributed by atoms with Gasteiger partial charge in [0.25, 0.3) is 0 Å². The molecule has 0 bridgehead atoms. The fourth-order valence-corrected chi connectivity index (χ4v) is 2.19. The Hall–Kier alpha value is -0.610. The van der Waals surface area contributed by atoms with E-state index in [0.29, 0.717) is 6.54 Å². The maximum Gasteiger partial charge on any atom is 0.234 e. The van der Waals surface area contributed by atoms with Crippen molar-refractivity contribution in [1.29, 1.82) is 0 Å². The molecule has 3 N–H and O–H groups in total. The van der Waals surface area contributed by atoms with E-state index in [1.54, 1.807) is 0 Å². The van der Waals surface area contributed by atoms with E-state index < -0.39 is 0 Å². The van der Waals surface area contributed by atoms with Crippen LogP contribution in [-0.4, -0.2) is 43.5 Å². The van der Waals surface area contributed by atoms with Crippen LogP contribution in [0.4, 0.5) is 0 Å². The number of piperidine rings is 1. The van der Waals surface area contributed by atoms with Crippen LogP contribution in [0.1, 0.15) is 32.6 Å². The molecule has 1 amide bonds. The number of carbonyl (C=O) groups excluding carboxylic acids is 1. The molecule has 0 radical (unpaired) electrons. The minimum absolute atomic E-state index is 0.166. The third-order valence-corrected chi connectivity index (χ3v) is 3.22. The monoisotopic (exact) mass is 227 g/mol. The Labute approximate surface area is 98.6 Å². The summed E-state index contributed by atoms with van der Waals surface area (Å²) in [4.78, 5) is 13.8. The second-order valence-electron chi connectivity index (χ2n) is 4.65. The lowest BCUT2D eigenvalue weighted by Gasteiger charge is -2.31. The number of hydrogen-bond acceptors (Lipinski definition) is 3. The van der Waals surface area contributed by atoms with Crippen LogP contribution in [0.25, 0.3) is 0 Å². The molecular weight excluding hydrogens is 202 g/mol. The summed E-state index contributed by atoms with van der Waals surface area (Å²) in [6, 6.07) is 0. The molecular formula is C12H25N3O. The van der Waals surface area contributed by atoms with Gasteiger partial charge in [0.05, 0.1) is 6.54 Å². The smallest absolute Gasteiger partial charge is 0.234 e. The lowest BCUT2D eigenvalue weighted by molar-refractivity contribution is -0.122. The first kappa shape index (κ1) is 13.5. The third-order valence-electron chi connectivity index (χ3n) is 3.22. The van der Waals surface area contributed by atoms with Gasteiger partial charge >= 0.3 is 0 Å². The highest BCUT2D eigenvalue weighted by Gasteiger charge is 2.19. The van der Waals surface area contributed by atoms with Crippen molar-refractivity contribution in [3.8, 4) is 0 Å². The van der Waals surface area contributed by atoms with Crippen molar-refractivity contribution in [2.75, 3.05) is 32.7 Å². The number of nitrogens with two attached hydrogens (primary N) is 1. The summed E-state index contributed by atoms with van der Waals surface area (Å²) in [6.45, 7) is 6.31. The van der Waals surface area contributed by atoms with Crippen molar-refractivity contribution in [2.24, 2.45) is 11.7 Å². The molecule has 0 aromatic carbocycles. The average molecular weight is 227 g/mol. The Kier molecular flexibility index (Phi) is 6.42. The Morgan fingerprint density at radius 2 is 2.12 bits per heavy atom. The minimum Gasteiger partial charge on any atom is -0.355 e. The summed E-state index contributed by atoms with van der Waals surface area (Å²) in [5.41, 5.74) is 5.55. The molecule has 1 saturated heterocycles. The highest BCUT2D eigenvalue weighted by Crippen LogP contribution is 2.19. The standard InChI is InChI=1S/C12H25N3O/c1-2-7-14-12(16)10-15-8-4-11(3-6-13)5-9-15/h11H,2-10,13H2,1H3,(H,14,16). The SMILES string of the molecule is CCCNC(=O)CN1CCC(CCN)CC1. The van der Waals surface area contributed by atoms with E-state index >= 15 is 0 Å². The maximum absolute atomic E-state index is 11.5. The summed E-state index contributed by atoms with van der Waals surface area (Å²) in [7, 11) is 0. The molecule has 1 fully saturated rings. The topological polar surface area (TPSA) is 58.4 Å². The van der Waals surface area contributed by atoms with Crippen LogP contribution in [0.15, 0.2) is 0 Å². The van der Waals surface area contributed by atoms with Crippen LogP contribution >= 0.6 is 0 Å². The molecule has 0 atom stereocenters. The van der Waals surface area contributed by atoms with Gasteiger partial charge in [0.1, 0.15) is 0 Å². The zero-order valence-corrected chi connectivity index (χ0v) is 10.4. The highest BCUT2D eigenvalue weighted by atomic mass is 16.2. The largest absolute Gasteiger partial charge is 0.355 e. The Bertz CT molecular complexity index is 200. The molecule has 0 unspecified atom stereocenters. The quantitative estimate of drug-likeness (QED) is 0.697. The molecule has 0 aromatic rings. The zero-order chi connectivity index (χ0) is 11.8. The number of rotatable bonds is 6.